The number of nitrogens with one attached hydrogen (secondary N) is 1. The lowest BCUT2D eigenvalue weighted by Gasteiger charge is -2.11. The lowest BCUT2D eigenvalue weighted by atomic mass is 10.1. The molecular weight excluding hydrogens is 452 g/mol. The molecule has 0 aliphatic carbocycles. The van der Waals surface area contributed by atoms with Crippen LogP contribution in [0.4, 0.5) is 11.4 Å². The molecule has 0 radical (unpaired) electrons. The van der Waals surface area contributed by atoms with Crippen LogP contribution in [0.3, 0.4) is 0 Å². The first-order chi connectivity index (χ1) is 9.38. The van der Waals surface area contributed by atoms with Gasteiger partial charge in [-0.25, -0.2) is 0 Å². The molecule has 1 amide bonds. The summed E-state index contributed by atoms with van der Waals surface area (Å²) in [4.78, 5) is 12.2. The Morgan fingerprint density at radius 1 is 1.10 bits per heavy atom. The number of hydrogen-bond acceptors (Lipinski definition) is 2. The van der Waals surface area contributed by atoms with Crippen LogP contribution in [-0.2, 0) is 0 Å². The predicted octanol–water partition coefficient (Wildman–Crippen LogP) is 5.12. The van der Waals surface area contributed by atoms with Crippen molar-refractivity contribution in [3.05, 3.63) is 54.9 Å². The van der Waals surface area contributed by atoms with E-state index in [4.69, 9.17) is 5.73 Å². The van der Waals surface area contributed by atoms with Crippen molar-refractivity contribution in [2.75, 3.05) is 11.1 Å². The van der Waals surface area contributed by atoms with Crippen molar-refractivity contribution in [2.45, 2.75) is 6.92 Å². The first-order valence-corrected chi connectivity index (χ1v) is 8.08. The molecule has 0 saturated carbocycles. The summed E-state index contributed by atoms with van der Waals surface area (Å²) in [6, 6.07) is 8.98. The maximum atomic E-state index is 12.2. The van der Waals surface area contributed by atoms with Crippen LogP contribution in [0, 0.1) is 6.92 Å². The summed E-state index contributed by atoms with van der Waals surface area (Å²) in [6.07, 6.45) is 0. The van der Waals surface area contributed by atoms with Gasteiger partial charge < -0.3 is 11.1 Å². The fourth-order valence-corrected chi connectivity index (χ4v) is 4.09. The Bertz CT molecular complexity index is 663. The molecule has 6 heteroatoms. The lowest BCUT2D eigenvalue weighted by molar-refractivity contribution is 0.102. The highest BCUT2D eigenvalue weighted by molar-refractivity contribution is 9.11. The fraction of sp³-hybridized carbons (Fsp3) is 0.0714. The average Bonchev–Trinajstić information content (AvgIpc) is 2.36. The molecule has 0 saturated heterocycles. The molecule has 2 aromatic carbocycles. The molecule has 0 spiro atoms. The van der Waals surface area contributed by atoms with Crippen LogP contribution in [0.2, 0.25) is 0 Å². The van der Waals surface area contributed by atoms with Crippen LogP contribution in [0.15, 0.2) is 43.7 Å². The van der Waals surface area contributed by atoms with E-state index in [1.54, 1.807) is 12.1 Å². The SMILES string of the molecule is Cc1ccc(C(=O)Nc2c(Br)cc(Br)cc2Br)cc1N. The number of rotatable bonds is 2. The summed E-state index contributed by atoms with van der Waals surface area (Å²) in [6.45, 7) is 1.90. The van der Waals surface area contributed by atoms with Gasteiger partial charge in [0.2, 0.25) is 0 Å². The second-order valence-electron chi connectivity index (χ2n) is 4.27. The molecule has 2 rings (SSSR count). The van der Waals surface area contributed by atoms with Gasteiger partial charge in [0.05, 0.1) is 5.69 Å². The molecular formula is C14H11Br3N2O. The number of anilines is 2. The van der Waals surface area contributed by atoms with Gasteiger partial charge in [-0.3, -0.25) is 4.79 Å². The molecule has 0 atom stereocenters. The molecule has 0 unspecified atom stereocenters. The molecule has 0 bridgehead atoms. The zero-order valence-electron chi connectivity index (χ0n) is 10.5. The van der Waals surface area contributed by atoms with Crippen molar-refractivity contribution in [1.82, 2.24) is 0 Å². The van der Waals surface area contributed by atoms with Crippen LogP contribution in [0.1, 0.15) is 15.9 Å². The summed E-state index contributed by atoms with van der Waals surface area (Å²) >= 11 is 10.2. The molecule has 0 heterocycles. The number of halogens is 3. The minimum absolute atomic E-state index is 0.208. The topological polar surface area (TPSA) is 55.1 Å². The second-order valence-corrected chi connectivity index (χ2v) is 6.89. The number of amides is 1. The molecule has 0 fully saturated rings. The van der Waals surface area contributed by atoms with E-state index < -0.39 is 0 Å². The normalized spacial score (nSPS) is 10.4. The number of nitrogens with two attached hydrogens (primary N) is 1. The zero-order valence-corrected chi connectivity index (χ0v) is 15.3. The third kappa shape index (κ3) is 3.42. The molecule has 3 nitrogen and oxygen atoms in total. The highest BCUT2D eigenvalue weighted by atomic mass is 79.9. The van der Waals surface area contributed by atoms with Gasteiger partial charge in [0.15, 0.2) is 0 Å². The third-order valence-corrected chi connectivity index (χ3v) is 4.50. The van der Waals surface area contributed by atoms with Gasteiger partial charge >= 0.3 is 0 Å². The number of aryl methyl sites for hydroxylation is 1. The summed E-state index contributed by atoms with van der Waals surface area (Å²) in [5, 5.41) is 2.86. The van der Waals surface area contributed by atoms with E-state index in [1.165, 1.54) is 0 Å². The Hall–Kier alpha value is -0.850. The van der Waals surface area contributed by atoms with Gasteiger partial charge in [0, 0.05) is 24.7 Å². The number of hydrogen-bond donors (Lipinski definition) is 2. The fourth-order valence-electron chi connectivity index (χ4n) is 1.63. The summed E-state index contributed by atoms with van der Waals surface area (Å²) < 4.78 is 2.48. The maximum Gasteiger partial charge on any atom is 0.255 e. The van der Waals surface area contributed by atoms with E-state index in [1.807, 2.05) is 25.1 Å². The summed E-state index contributed by atoms with van der Waals surface area (Å²) in [5.74, 6) is -0.208. The summed E-state index contributed by atoms with van der Waals surface area (Å²) in [5.41, 5.74) is 8.58. The maximum absolute atomic E-state index is 12.2. The Labute approximate surface area is 142 Å². The number of carbonyl (C=O) groups is 1. The van der Waals surface area contributed by atoms with Crippen molar-refractivity contribution < 1.29 is 4.79 Å². The Kier molecular flexibility index (Phi) is 4.88. The van der Waals surface area contributed by atoms with Crippen molar-refractivity contribution in [3.8, 4) is 0 Å². The van der Waals surface area contributed by atoms with Crippen LogP contribution in [-0.4, -0.2) is 5.91 Å². The van der Waals surface area contributed by atoms with Gasteiger partial charge in [0.1, 0.15) is 0 Å². The minimum Gasteiger partial charge on any atom is -0.398 e. The van der Waals surface area contributed by atoms with E-state index >= 15 is 0 Å². The van der Waals surface area contributed by atoms with Crippen LogP contribution < -0.4 is 11.1 Å². The zero-order chi connectivity index (χ0) is 14.9. The number of benzene rings is 2. The second kappa shape index (κ2) is 6.28. The quantitative estimate of drug-likeness (QED) is 0.609. The molecule has 3 N–H and O–H groups in total. The van der Waals surface area contributed by atoms with Crippen LogP contribution in [0.5, 0.6) is 0 Å². The smallest absolute Gasteiger partial charge is 0.255 e. The Balaban J connectivity index is 2.30. The lowest BCUT2D eigenvalue weighted by Crippen LogP contribution is -2.13. The van der Waals surface area contributed by atoms with Gasteiger partial charge in [-0.05, 0) is 68.6 Å². The van der Waals surface area contributed by atoms with Crippen molar-refractivity contribution >= 4 is 65.1 Å². The first-order valence-electron chi connectivity index (χ1n) is 5.70. The molecule has 0 aromatic heterocycles. The highest BCUT2D eigenvalue weighted by Gasteiger charge is 2.12. The molecule has 0 aliphatic heterocycles. The van der Waals surface area contributed by atoms with Crippen LogP contribution >= 0.6 is 47.8 Å². The number of nitrogen functional groups attached to an aromatic ring is 1. The molecule has 20 heavy (non-hydrogen) atoms. The van der Waals surface area contributed by atoms with Gasteiger partial charge in [-0.15, -0.1) is 0 Å². The van der Waals surface area contributed by atoms with E-state index in [0.717, 1.165) is 19.0 Å². The largest absolute Gasteiger partial charge is 0.398 e. The highest BCUT2D eigenvalue weighted by Crippen LogP contribution is 2.34. The van der Waals surface area contributed by atoms with E-state index in [-0.39, 0.29) is 5.91 Å². The Morgan fingerprint density at radius 3 is 2.25 bits per heavy atom. The minimum atomic E-state index is -0.208. The van der Waals surface area contributed by atoms with Crippen molar-refractivity contribution in [1.29, 1.82) is 0 Å². The van der Waals surface area contributed by atoms with Gasteiger partial charge in [-0.1, -0.05) is 22.0 Å². The van der Waals surface area contributed by atoms with Crippen LogP contribution in [0.25, 0.3) is 0 Å². The molecule has 104 valence electrons. The van der Waals surface area contributed by atoms with E-state index in [0.29, 0.717) is 16.9 Å². The average molecular weight is 463 g/mol. The van der Waals surface area contributed by atoms with Gasteiger partial charge in [0.25, 0.3) is 5.91 Å². The van der Waals surface area contributed by atoms with E-state index in [9.17, 15) is 4.79 Å². The van der Waals surface area contributed by atoms with E-state index in [2.05, 4.69) is 53.1 Å². The summed E-state index contributed by atoms with van der Waals surface area (Å²) in [7, 11) is 0. The number of carbonyl (C=O) groups excluding carboxylic acids is 1. The van der Waals surface area contributed by atoms with Gasteiger partial charge in [-0.2, -0.15) is 0 Å². The molecule has 0 aliphatic rings. The monoisotopic (exact) mass is 460 g/mol. The van der Waals surface area contributed by atoms with Crippen molar-refractivity contribution in [2.24, 2.45) is 0 Å². The predicted molar refractivity (Wildman–Crippen MR) is 93.1 cm³/mol. The first kappa shape index (κ1) is 15.5. The van der Waals surface area contributed by atoms with Crippen molar-refractivity contribution in [3.63, 3.8) is 0 Å². The molecule has 2 aromatic rings. The Morgan fingerprint density at radius 2 is 1.70 bits per heavy atom. The standard InChI is InChI=1S/C14H11Br3N2O/c1-7-2-3-8(4-12(7)18)14(20)19-13-10(16)5-9(15)6-11(13)17/h2-6H,18H2,1H3,(H,19,20). The third-order valence-electron chi connectivity index (χ3n) is 2.79.